The quantitative estimate of drug-likeness (QED) is 0.842. The number of aliphatic carboxylic acids is 1. The number of benzene rings is 1. The van der Waals surface area contributed by atoms with E-state index < -0.39 is 17.0 Å². The van der Waals surface area contributed by atoms with Gasteiger partial charge in [-0.25, -0.2) is 4.79 Å². The van der Waals surface area contributed by atoms with Gasteiger partial charge >= 0.3 is 12.1 Å². The number of hydrogen-bond acceptors (Lipinski definition) is 3. The maximum atomic E-state index is 12.1. The number of halogens is 1. The molecule has 0 unspecified atom stereocenters. The van der Waals surface area contributed by atoms with Crippen molar-refractivity contribution >= 4 is 28.0 Å². The molecule has 1 aliphatic rings. The van der Waals surface area contributed by atoms with E-state index in [-0.39, 0.29) is 6.09 Å². The summed E-state index contributed by atoms with van der Waals surface area (Å²) < 4.78 is 6.15. The normalized spacial score (nSPS) is 17.7. The molecule has 1 heterocycles. The second-order valence-corrected chi connectivity index (χ2v) is 7.69. The van der Waals surface area contributed by atoms with Crippen LogP contribution in [0.1, 0.15) is 39.2 Å². The Kier molecular flexibility index (Phi) is 5.04. The molecule has 6 heteroatoms. The number of carboxylic acid groups (broad SMARTS) is 1. The molecule has 0 radical (unpaired) electrons. The van der Waals surface area contributed by atoms with Crippen LogP contribution in [0, 0.1) is 0 Å². The van der Waals surface area contributed by atoms with E-state index in [0.717, 1.165) is 10.0 Å². The first-order valence-electron chi connectivity index (χ1n) is 7.62. The summed E-state index contributed by atoms with van der Waals surface area (Å²) in [5.41, 5.74) is -0.768. The summed E-state index contributed by atoms with van der Waals surface area (Å²) >= 11 is 3.45. The summed E-state index contributed by atoms with van der Waals surface area (Å²) in [7, 11) is 0. The minimum Gasteiger partial charge on any atom is -0.481 e. The molecule has 1 aliphatic heterocycles. The van der Waals surface area contributed by atoms with E-state index >= 15 is 0 Å². The van der Waals surface area contributed by atoms with E-state index in [1.165, 1.54) is 0 Å². The Morgan fingerprint density at radius 1 is 1.22 bits per heavy atom. The fourth-order valence-electron chi connectivity index (χ4n) is 2.85. The first-order valence-corrected chi connectivity index (χ1v) is 8.41. The molecular formula is C17H22BrNO4. The Morgan fingerprint density at radius 2 is 1.78 bits per heavy atom. The molecule has 5 nitrogen and oxygen atoms in total. The van der Waals surface area contributed by atoms with E-state index in [0.29, 0.717) is 25.9 Å². The van der Waals surface area contributed by atoms with Gasteiger partial charge in [0, 0.05) is 17.6 Å². The van der Waals surface area contributed by atoms with E-state index in [9.17, 15) is 14.7 Å². The lowest BCUT2D eigenvalue weighted by molar-refractivity contribution is -0.146. The molecule has 1 saturated heterocycles. The fourth-order valence-corrected chi connectivity index (χ4v) is 3.51. The molecule has 1 aromatic rings. The van der Waals surface area contributed by atoms with Gasteiger partial charge in [0.25, 0.3) is 0 Å². The van der Waals surface area contributed by atoms with Gasteiger partial charge in [0.1, 0.15) is 5.60 Å². The minimum absolute atomic E-state index is 0.364. The average Bonchev–Trinajstić information content (AvgIpc) is 2.46. The highest BCUT2D eigenvalue weighted by Gasteiger charge is 2.45. The predicted molar refractivity (Wildman–Crippen MR) is 90.5 cm³/mol. The first-order chi connectivity index (χ1) is 10.7. The highest BCUT2D eigenvalue weighted by molar-refractivity contribution is 9.10. The molecule has 0 atom stereocenters. The van der Waals surface area contributed by atoms with Gasteiger partial charge < -0.3 is 14.7 Å². The zero-order chi connectivity index (χ0) is 17.3. The third-order valence-electron chi connectivity index (χ3n) is 4.07. The van der Waals surface area contributed by atoms with Crippen molar-refractivity contribution in [3.8, 4) is 0 Å². The third-order valence-corrected chi connectivity index (χ3v) is 4.76. The lowest BCUT2D eigenvalue weighted by Crippen LogP contribution is -2.50. The van der Waals surface area contributed by atoms with Crippen molar-refractivity contribution in [2.24, 2.45) is 0 Å². The number of carbonyl (C=O) groups is 2. The van der Waals surface area contributed by atoms with Crippen LogP contribution in [0.5, 0.6) is 0 Å². The standard InChI is InChI=1S/C17H22BrNO4/c1-16(2,3)23-15(22)19-10-8-17(9-11-19,14(20)21)12-6-4-5-7-13(12)18/h4-7H,8-11H2,1-3H3,(H,20,21). The Morgan fingerprint density at radius 3 is 2.26 bits per heavy atom. The van der Waals surface area contributed by atoms with Crippen molar-refractivity contribution in [1.82, 2.24) is 4.90 Å². The topological polar surface area (TPSA) is 66.8 Å². The van der Waals surface area contributed by atoms with Crippen LogP contribution in [0.3, 0.4) is 0 Å². The smallest absolute Gasteiger partial charge is 0.410 e. The summed E-state index contributed by atoms with van der Waals surface area (Å²) in [5, 5.41) is 9.82. The molecule has 1 amide bonds. The lowest BCUT2D eigenvalue weighted by Gasteiger charge is -2.39. The highest BCUT2D eigenvalue weighted by Crippen LogP contribution is 2.39. The Labute approximate surface area is 144 Å². The van der Waals surface area contributed by atoms with Crippen LogP contribution >= 0.6 is 15.9 Å². The SMILES string of the molecule is CC(C)(C)OC(=O)N1CCC(C(=O)O)(c2ccccc2Br)CC1. The van der Waals surface area contributed by atoms with Crippen LogP contribution in [0.25, 0.3) is 0 Å². The monoisotopic (exact) mass is 383 g/mol. The van der Waals surface area contributed by atoms with E-state index in [1.54, 1.807) is 4.90 Å². The van der Waals surface area contributed by atoms with Gasteiger partial charge in [-0.1, -0.05) is 34.1 Å². The molecule has 1 aromatic carbocycles. The zero-order valence-corrected chi connectivity index (χ0v) is 15.2. The van der Waals surface area contributed by atoms with Crippen molar-refractivity contribution in [3.63, 3.8) is 0 Å². The van der Waals surface area contributed by atoms with Gasteiger partial charge in [-0.05, 0) is 45.2 Å². The van der Waals surface area contributed by atoms with Crippen LogP contribution < -0.4 is 0 Å². The Balaban J connectivity index is 2.18. The van der Waals surface area contributed by atoms with Gasteiger partial charge in [0.2, 0.25) is 0 Å². The first kappa shape index (κ1) is 17.8. The molecule has 126 valence electrons. The molecule has 23 heavy (non-hydrogen) atoms. The molecule has 0 aliphatic carbocycles. The van der Waals surface area contributed by atoms with Gasteiger partial charge in [-0.15, -0.1) is 0 Å². The second kappa shape index (κ2) is 6.51. The van der Waals surface area contributed by atoms with Crippen LogP contribution in [-0.2, 0) is 14.9 Å². The number of rotatable bonds is 2. The number of carbonyl (C=O) groups excluding carboxylic acids is 1. The van der Waals surface area contributed by atoms with Crippen LogP contribution in [0.2, 0.25) is 0 Å². The van der Waals surface area contributed by atoms with Crippen LogP contribution in [0.4, 0.5) is 4.79 Å². The number of ether oxygens (including phenoxy) is 1. The van der Waals surface area contributed by atoms with Crippen LogP contribution in [-0.4, -0.2) is 40.8 Å². The number of hydrogen-bond donors (Lipinski definition) is 1. The summed E-state index contributed by atoms with van der Waals surface area (Å²) in [5.74, 6) is -0.853. The maximum Gasteiger partial charge on any atom is 0.410 e. The number of likely N-dealkylation sites (tertiary alicyclic amines) is 1. The van der Waals surface area contributed by atoms with Gasteiger partial charge in [-0.3, -0.25) is 4.79 Å². The number of piperidine rings is 1. The predicted octanol–water partition coefficient (Wildman–Crippen LogP) is 3.80. The largest absolute Gasteiger partial charge is 0.481 e. The molecular weight excluding hydrogens is 362 g/mol. The fraction of sp³-hybridized carbons (Fsp3) is 0.529. The highest BCUT2D eigenvalue weighted by atomic mass is 79.9. The molecule has 0 spiro atoms. The van der Waals surface area contributed by atoms with Crippen molar-refractivity contribution < 1.29 is 19.4 Å². The van der Waals surface area contributed by atoms with Gasteiger partial charge in [0.05, 0.1) is 5.41 Å². The number of amides is 1. The zero-order valence-electron chi connectivity index (χ0n) is 13.6. The van der Waals surface area contributed by atoms with Crippen molar-refractivity contribution in [3.05, 3.63) is 34.3 Å². The average molecular weight is 384 g/mol. The van der Waals surface area contributed by atoms with E-state index in [1.807, 2.05) is 45.0 Å². The van der Waals surface area contributed by atoms with Gasteiger partial charge in [0.15, 0.2) is 0 Å². The summed E-state index contributed by atoms with van der Waals surface area (Å²) in [6.45, 7) is 6.18. The number of carboxylic acids is 1. The molecule has 0 aromatic heterocycles. The minimum atomic E-state index is -0.974. The van der Waals surface area contributed by atoms with Crippen molar-refractivity contribution in [1.29, 1.82) is 0 Å². The number of nitrogens with zero attached hydrogens (tertiary/aromatic N) is 1. The maximum absolute atomic E-state index is 12.1. The molecule has 1 fully saturated rings. The summed E-state index contributed by atoms with van der Waals surface area (Å²) in [6.07, 6.45) is 0.345. The van der Waals surface area contributed by atoms with Gasteiger partial charge in [-0.2, -0.15) is 0 Å². The van der Waals surface area contributed by atoms with Crippen molar-refractivity contribution in [2.75, 3.05) is 13.1 Å². The van der Waals surface area contributed by atoms with Crippen molar-refractivity contribution in [2.45, 2.75) is 44.6 Å². The lowest BCUT2D eigenvalue weighted by atomic mass is 9.73. The molecule has 0 saturated carbocycles. The Hall–Kier alpha value is -1.56. The molecule has 1 N–H and O–H groups in total. The van der Waals surface area contributed by atoms with E-state index in [2.05, 4.69) is 15.9 Å². The third kappa shape index (κ3) is 3.86. The van der Waals surface area contributed by atoms with Crippen LogP contribution in [0.15, 0.2) is 28.7 Å². The molecule has 0 bridgehead atoms. The Bertz CT molecular complexity index is 601. The summed E-state index contributed by atoms with van der Waals surface area (Å²) in [4.78, 5) is 25.7. The summed E-state index contributed by atoms with van der Waals surface area (Å²) in [6, 6.07) is 7.38. The molecule has 2 rings (SSSR count). The second-order valence-electron chi connectivity index (χ2n) is 6.83. The van der Waals surface area contributed by atoms with E-state index in [4.69, 9.17) is 4.74 Å².